The molecule has 1 nitrogen and oxygen atoms in total. The summed E-state index contributed by atoms with van der Waals surface area (Å²) in [5.74, 6) is -0.0616. The van der Waals surface area contributed by atoms with Crippen LogP contribution in [0.5, 0.6) is 0 Å². The summed E-state index contributed by atoms with van der Waals surface area (Å²) in [6.45, 7) is 4.60. The average Bonchev–Trinajstić information content (AvgIpc) is 2.98. The van der Waals surface area contributed by atoms with Crippen molar-refractivity contribution in [1.82, 2.24) is 0 Å². The van der Waals surface area contributed by atoms with Gasteiger partial charge in [-0.05, 0) is 55.7 Å². The molecule has 0 amide bonds. The van der Waals surface area contributed by atoms with Gasteiger partial charge < -0.3 is 4.74 Å². The van der Waals surface area contributed by atoms with Crippen LogP contribution in [-0.4, -0.2) is 6.61 Å². The minimum absolute atomic E-state index is 0.0616. The lowest BCUT2D eigenvalue weighted by Crippen LogP contribution is -2.36. The Morgan fingerprint density at radius 2 is 0.946 bits per heavy atom. The van der Waals surface area contributed by atoms with Crippen LogP contribution >= 0.6 is 7.26 Å². The molecule has 0 aliphatic heterocycles. The molecule has 4 aromatic carbocycles. The van der Waals surface area contributed by atoms with Gasteiger partial charge in [0, 0.05) is 5.56 Å². The second kappa shape index (κ2) is 14.7. The molecule has 0 aliphatic rings. The summed E-state index contributed by atoms with van der Waals surface area (Å²) >= 11 is 0. The molecule has 0 saturated carbocycles. The van der Waals surface area contributed by atoms with E-state index >= 15 is 0 Å². The smallest absolute Gasteiger partial charge is 0.206 e. The number of rotatable bonds is 15. The van der Waals surface area contributed by atoms with Gasteiger partial charge in [0.05, 0.1) is 6.61 Å². The van der Waals surface area contributed by atoms with Crippen molar-refractivity contribution in [3.05, 3.63) is 140 Å². The summed E-state index contributed by atoms with van der Waals surface area (Å²) in [4.78, 5) is 0. The van der Waals surface area contributed by atoms with Gasteiger partial charge in [0.15, 0.2) is 0 Å². The second-order valence-electron chi connectivity index (χ2n) is 9.56. The molecule has 37 heavy (non-hydrogen) atoms. The first kappa shape index (κ1) is 27.1. The molecular formula is C35H40OP+. The number of ether oxygens (including phenoxy) is 1. The van der Waals surface area contributed by atoms with E-state index in [1.165, 1.54) is 53.6 Å². The first-order valence-electron chi connectivity index (χ1n) is 13.7. The Morgan fingerprint density at radius 3 is 1.41 bits per heavy atom. The predicted molar refractivity (Wildman–Crippen MR) is 163 cm³/mol. The number of unbranched alkanes of at least 4 members (excludes halogenated alkanes) is 6. The number of allylic oxidation sites excluding steroid dienone is 1. The molecule has 0 saturated heterocycles. The van der Waals surface area contributed by atoms with Crippen LogP contribution in [0.15, 0.2) is 134 Å². The summed E-state index contributed by atoms with van der Waals surface area (Å²) in [6.07, 6.45) is 10.6. The van der Waals surface area contributed by atoms with Gasteiger partial charge >= 0.3 is 0 Å². The van der Waals surface area contributed by atoms with Gasteiger partial charge in [-0.15, -0.1) is 6.58 Å². The van der Waals surface area contributed by atoms with E-state index in [2.05, 4.69) is 128 Å². The Hall–Kier alpha value is -2.99. The monoisotopic (exact) mass is 507 g/mol. The van der Waals surface area contributed by atoms with E-state index in [-0.39, 0.29) is 5.85 Å². The van der Waals surface area contributed by atoms with Crippen molar-refractivity contribution < 1.29 is 4.74 Å². The molecule has 4 aromatic rings. The highest BCUT2D eigenvalue weighted by atomic mass is 31.2. The van der Waals surface area contributed by atoms with Crippen LogP contribution in [0.1, 0.15) is 56.4 Å². The van der Waals surface area contributed by atoms with Crippen LogP contribution in [0.3, 0.4) is 0 Å². The van der Waals surface area contributed by atoms with Crippen LogP contribution in [0.4, 0.5) is 0 Å². The third-order valence-electron chi connectivity index (χ3n) is 7.01. The molecule has 0 fully saturated rings. The Kier molecular flexibility index (Phi) is 10.7. The maximum absolute atomic E-state index is 7.04. The highest BCUT2D eigenvalue weighted by Crippen LogP contribution is 2.67. The van der Waals surface area contributed by atoms with Gasteiger partial charge in [-0.25, -0.2) is 0 Å². The van der Waals surface area contributed by atoms with Crippen molar-refractivity contribution in [3.63, 3.8) is 0 Å². The number of hydrogen-bond donors (Lipinski definition) is 0. The number of hydrogen-bond acceptors (Lipinski definition) is 1. The van der Waals surface area contributed by atoms with E-state index in [1.807, 2.05) is 6.08 Å². The van der Waals surface area contributed by atoms with Crippen molar-refractivity contribution in [1.29, 1.82) is 0 Å². The fourth-order valence-electron chi connectivity index (χ4n) is 5.18. The quantitative estimate of drug-likeness (QED) is 0.0889. The van der Waals surface area contributed by atoms with Gasteiger partial charge in [0.25, 0.3) is 0 Å². The minimum atomic E-state index is -2.19. The summed E-state index contributed by atoms with van der Waals surface area (Å²) in [5, 5.41) is 4.05. The van der Waals surface area contributed by atoms with Crippen molar-refractivity contribution in [3.8, 4) is 0 Å². The van der Waals surface area contributed by atoms with E-state index in [1.54, 1.807) is 0 Å². The van der Waals surface area contributed by atoms with Gasteiger partial charge in [-0.3, -0.25) is 0 Å². The van der Waals surface area contributed by atoms with Crippen LogP contribution in [0.25, 0.3) is 0 Å². The number of benzene rings is 4. The van der Waals surface area contributed by atoms with Crippen molar-refractivity contribution in [2.24, 2.45) is 0 Å². The summed E-state index contributed by atoms with van der Waals surface area (Å²) < 4.78 is 7.04. The zero-order chi connectivity index (χ0) is 25.6. The molecule has 2 heteroatoms. The predicted octanol–water partition coefficient (Wildman–Crippen LogP) is 8.61. The molecule has 0 spiro atoms. The van der Waals surface area contributed by atoms with Gasteiger partial charge in [0.1, 0.15) is 23.2 Å². The SMILES string of the molecule is C=CCCCCCCCCOC(c1ccccc1)[P+](c1ccccc1)(c1ccccc1)c1ccccc1. The first-order chi connectivity index (χ1) is 18.4. The lowest BCUT2D eigenvalue weighted by molar-refractivity contribution is 0.105. The normalized spacial score (nSPS) is 12.2. The van der Waals surface area contributed by atoms with Crippen LogP contribution in [0, 0.1) is 0 Å². The Labute approximate surface area is 224 Å². The van der Waals surface area contributed by atoms with Crippen LogP contribution in [0.2, 0.25) is 0 Å². The van der Waals surface area contributed by atoms with Crippen molar-refractivity contribution in [2.75, 3.05) is 6.61 Å². The molecule has 190 valence electrons. The lowest BCUT2D eigenvalue weighted by Gasteiger charge is -2.34. The van der Waals surface area contributed by atoms with E-state index in [9.17, 15) is 0 Å². The Balaban J connectivity index is 1.71. The third-order valence-corrected chi connectivity index (χ3v) is 11.5. The minimum Gasteiger partial charge on any atom is -0.339 e. The van der Waals surface area contributed by atoms with E-state index in [0.717, 1.165) is 19.4 Å². The molecule has 1 atom stereocenters. The van der Waals surface area contributed by atoms with Gasteiger partial charge in [-0.2, -0.15) is 0 Å². The van der Waals surface area contributed by atoms with Gasteiger partial charge in [-0.1, -0.05) is 117 Å². The molecule has 4 rings (SSSR count). The fourth-order valence-corrected chi connectivity index (χ4v) is 9.77. The topological polar surface area (TPSA) is 9.23 Å². The summed E-state index contributed by atoms with van der Waals surface area (Å²) in [5.41, 5.74) is 1.25. The molecular weight excluding hydrogens is 467 g/mol. The average molecular weight is 508 g/mol. The highest BCUT2D eigenvalue weighted by Gasteiger charge is 2.54. The zero-order valence-corrected chi connectivity index (χ0v) is 22.8. The Morgan fingerprint density at radius 1 is 0.541 bits per heavy atom. The molecule has 0 N–H and O–H groups in total. The van der Waals surface area contributed by atoms with E-state index < -0.39 is 7.26 Å². The molecule has 0 radical (unpaired) electrons. The molecule has 1 unspecified atom stereocenters. The zero-order valence-electron chi connectivity index (χ0n) is 21.9. The summed E-state index contributed by atoms with van der Waals surface area (Å²) in [6, 6.07) is 44.0. The van der Waals surface area contributed by atoms with Gasteiger partial charge in [0.2, 0.25) is 5.85 Å². The second-order valence-corrected chi connectivity index (χ2v) is 13.0. The van der Waals surface area contributed by atoms with Crippen LogP contribution < -0.4 is 15.9 Å². The Bertz CT molecular complexity index is 1060. The first-order valence-corrected chi connectivity index (χ1v) is 15.6. The van der Waals surface area contributed by atoms with Crippen LogP contribution in [-0.2, 0) is 4.74 Å². The third kappa shape index (κ3) is 6.86. The highest BCUT2D eigenvalue weighted by molar-refractivity contribution is 7.95. The largest absolute Gasteiger partial charge is 0.339 e. The molecule has 0 aromatic heterocycles. The molecule has 0 aliphatic carbocycles. The summed E-state index contributed by atoms with van der Waals surface area (Å²) in [7, 11) is -2.19. The van der Waals surface area contributed by atoms with Crippen molar-refractivity contribution in [2.45, 2.75) is 50.8 Å². The molecule has 0 heterocycles. The standard InChI is InChI=1S/C35H40OP/c1-2-3-4-5-6-7-8-21-30-36-35(31-22-13-9-14-23-31)37(32-24-15-10-16-25-32,33-26-17-11-18-27-33)34-28-19-12-20-29-34/h2,9-20,22-29,35H,1,3-8,21,30H2/q+1. The van der Waals surface area contributed by atoms with E-state index in [0.29, 0.717) is 0 Å². The maximum atomic E-state index is 7.04. The van der Waals surface area contributed by atoms with E-state index in [4.69, 9.17) is 4.74 Å². The fraction of sp³-hybridized carbons (Fsp3) is 0.257. The molecule has 0 bridgehead atoms. The van der Waals surface area contributed by atoms with Crippen molar-refractivity contribution >= 4 is 23.2 Å². The lowest BCUT2D eigenvalue weighted by atomic mass is 10.1. The maximum Gasteiger partial charge on any atom is 0.206 e.